The summed E-state index contributed by atoms with van der Waals surface area (Å²) in [5.41, 5.74) is 3.66. The van der Waals surface area contributed by atoms with E-state index in [1.165, 1.54) is 30.2 Å². The maximum Gasteiger partial charge on any atom is 0.439 e. The van der Waals surface area contributed by atoms with Gasteiger partial charge in [0.2, 0.25) is 0 Å². The topological polar surface area (TPSA) is 9.23 Å². The molecule has 186 valence electrons. The second-order valence-corrected chi connectivity index (χ2v) is 9.06. The maximum absolute atomic E-state index is 13.5. The lowest BCUT2D eigenvalue weighted by atomic mass is 9.78. The highest BCUT2D eigenvalue weighted by molar-refractivity contribution is 5.53. The summed E-state index contributed by atoms with van der Waals surface area (Å²) < 4.78 is 81.2. The Morgan fingerprint density at radius 3 is 2.18 bits per heavy atom. The normalized spacial score (nSPS) is 20.5. The molecule has 0 heterocycles. The summed E-state index contributed by atoms with van der Waals surface area (Å²) in [5.74, 6) is 0.464. The Labute approximate surface area is 196 Å². The number of hydrogen-bond acceptors (Lipinski definition) is 1. The van der Waals surface area contributed by atoms with Gasteiger partial charge in [-0.3, -0.25) is 0 Å². The Kier molecular flexibility index (Phi) is 8.37. The van der Waals surface area contributed by atoms with Gasteiger partial charge >= 0.3 is 12.3 Å². The number of allylic oxidation sites excluding steroid dienone is 1. The molecule has 1 aliphatic rings. The lowest BCUT2D eigenvalue weighted by molar-refractivity contribution is -0.305. The summed E-state index contributed by atoms with van der Waals surface area (Å²) in [6.45, 7) is 3.60. The van der Waals surface area contributed by atoms with Crippen LogP contribution >= 0.6 is 0 Å². The first-order valence-electron chi connectivity index (χ1n) is 11.6. The van der Waals surface area contributed by atoms with E-state index in [4.69, 9.17) is 0 Å². The van der Waals surface area contributed by atoms with Crippen LogP contribution < -0.4 is 4.74 Å². The molecule has 0 amide bonds. The summed E-state index contributed by atoms with van der Waals surface area (Å²) in [4.78, 5) is 0. The lowest BCUT2D eigenvalue weighted by Crippen LogP contribution is -2.45. The summed E-state index contributed by atoms with van der Waals surface area (Å²) in [5, 5.41) is 0. The molecule has 3 rings (SSSR count). The van der Waals surface area contributed by atoms with Gasteiger partial charge in [0.25, 0.3) is 6.17 Å². The molecule has 0 bridgehead atoms. The van der Waals surface area contributed by atoms with E-state index in [1.807, 2.05) is 6.08 Å². The zero-order valence-electron chi connectivity index (χ0n) is 19.3. The van der Waals surface area contributed by atoms with Crippen LogP contribution in [0.25, 0.3) is 6.08 Å². The number of ether oxygens (including phenoxy) is 1. The zero-order valence-corrected chi connectivity index (χ0v) is 19.3. The molecule has 0 spiro atoms. The van der Waals surface area contributed by atoms with Crippen molar-refractivity contribution in [2.75, 3.05) is 0 Å². The van der Waals surface area contributed by atoms with E-state index in [1.54, 1.807) is 0 Å². The van der Waals surface area contributed by atoms with Gasteiger partial charge in [0.1, 0.15) is 5.75 Å². The maximum atomic E-state index is 13.5. The minimum absolute atomic E-state index is 0.200. The largest absolute Gasteiger partial charge is 0.439 e. The Balaban J connectivity index is 1.56. The van der Waals surface area contributed by atoms with Crippen molar-refractivity contribution in [2.24, 2.45) is 5.92 Å². The third-order valence-electron chi connectivity index (χ3n) is 6.35. The molecular formula is C27H30F6O. The monoisotopic (exact) mass is 484 g/mol. The van der Waals surface area contributed by atoms with E-state index < -0.39 is 24.2 Å². The summed E-state index contributed by atoms with van der Waals surface area (Å²) in [6.07, 6.45) is -4.65. The van der Waals surface area contributed by atoms with Gasteiger partial charge in [-0.15, -0.1) is 0 Å². The van der Waals surface area contributed by atoms with Crippen LogP contribution in [0.3, 0.4) is 0 Å². The number of aryl methyl sites for hydroxylation is 2. The van der Waals surface area contributed by atoms with Gasteiger partial charge in [0.05, 0.1) is 0 Å². The van der Waals surface area contributed by atoms with Crippen LogP contribution in [0.2, 0.25) is 0 Å². The Morgan fingerprint density at radius 2 is 1.62 bits per heavy atom. The van der Waals surface area contributed by atoms with Crippen molar-refractivity contribution < 1.29 is 31.1 Å². The number of halogens is 6. The molecule has 1 atom stereocenters. The average molecular weight is 485 g/mol. The first-order chi connectivity index (χ1) is 16.0. The van der Waals surface area contributed by atoms with Crippen LogP contribution in [0.4, 0.5) is 26.3 Å². The van der Waals surface area contributed by atoms with Gasteiger partial charge in [-0.1, -0.05) is 55.8 Å². The number of hydrogen-bond donors (Lipinski definition) is 0. The van der Waals surface area contributed by atoms with Crippen LogP contribution in [0.5, 0.6) is 5.75 Å². The van der Waals surface area contributed by atoms with Crippen molar-refractivity contribution in [1.29, 1.82) is 0 Å². The number of benzene rings is 2. The molecule has 2 aromatic carbocycles. The predicted octanol–water partition coefficient (Wildman–Crippen LogP) is 8.81. The van der Waals surface area contributed by atoms with Crippen LogP contribution in [0, 0.1) is 12.8 Å². The van der Waals surface area contributed by atoms with Gasteiger partial charge in [-0.2, -0.15) is 22.0 Å². The second kappa shape index (κ2) is 10.9. The molecule has 0 radical (unpaired) electrons. The van der Waals surface area contributed by atoms with Crippen LogP contribution in [0.15, 0.2) is 48.5 Å². The molecule has 0 N–H and O–H groups in total. The van der Waals surface area contributed by atoms with Crippen molar-refractivity contribution in [3.05, 3.63) is 70.8 Å². The van der Waals surface area contributed by atoms with Gasteiger partial charge in [0, 0.05) is 0 Å². The fourth-order valence-corrected chi connectivity index (χ4v) is 4.42. The molecular weight excluding hydrogens is 454 g/mol. The lowest BCUT2D eigenvalue weighted by Gasteiger charge is -2.27. The summed E-state index contributed by atoms with van der Waals surface area (Å²) in [7, 11) is 0. The molecule has 1 aliphatic carbocycles. The number of alkyl halides is 6. The van der Waals surface area contributed by atoms with Gasteiger partial charge in [0.15, 0.2) is 0 Å². The molecule has 1 nitrogen and oxygen atoms in total. The van der Waals surface area contributed by atoms with Crippen LogP contribution in [-0.4, -0.2) is 18.5 Å². The van der Waals surface area contributed by atoms with Crippen molar-refractivity contribution in [3.63, 3.8) is 0 Å². The zero-order chi connectivity index (χ0) is 24.9. The molecule has 1 saturated carbocycles. The SMILES string of the molecule is CCCc1ccc(C2CCC(/C=C/c3ccc(OC(F)(F)C(F)C(F)(F)F)c(C)c3)CC2)cc1. The quantitative estimate of drug-likeness (QED) is 0.340. The fraction of sp³-hybridized carbons (Fsp3) is 0.481. The van der Waals surface area contributed by atoms with E-state index in [-0.39, 0.29) is 5.56 Å². The van der Waals surface area contributed by atoms with Crippen molar-refractivity contribution in [3.8, 4) is 5.75 Å². The first-order valence-corrected chi connectivity index (χ1v) is 11.6. The molecule has 1 fully saturated rings. The minimum atomic E-state index is -5.71. The average Bonchev–Trinajstić information content (AvgIpc) is 2.79. The first kappa shape index (κ1) is 26.2. The van der Waals surface area contributed by atoms with E-state index >= 15 is 0 Å². The van der Waals surface area contributed by atoms with Crippen molar-refractivity contribution in [2.45, 2.75) is 76.7 Å². The summed E-state index contributed by atoms with van der Waals surface area (Å²) in [6, 6.07) is 13.1. The minimum Gasteiger partial charge on any atom is -0.430 e. The smallest absolute Gasteiger partial charge is 0.430 e. The predicted molar refractivity (Wildman–Crippen MR) is 122 cm³/mol. The molecule has 0 aromatic heterocycles. The fourth-order valence-electron chi connectivity index (χ4n) is 4.42. The second-order valence-electron chi connectivity index (χ2n) is 9.06. The summed E-state index contributed by atoms with van der Waals surface area (Å²) >= 11 is 0. The molecule has 1 unspecified atom stereocenters. The van der Waals surface area contributed by atoms with Crippen molar-refractivity contribution >= 4 is 6.08 Å². The molecule has 0 aliphatic heterocycles. The third-order valence-corrected chi connectivity index (χ3v) is 6.35. The van der Waals surface area contributed by atoms with E-state index in [9.17, 15) is 26.3 Å². The Bertz CT molecular complexity index is 956. The highest BCUT2D eigenvalue weighted by atomic mass is 19.4. The van der Waals surface area contributed by atoms with Crippen LogP contribution in [0.1, 0.15) is 67.2 Å². The highest BCUT2D eigenvalue weighted by Crippen LogP contribution is 2.38. The van der Waals surface area contributed by atoms with E-state index in [0.717, 1.165) is 50.2 Å². The Hall–Kier alpha value is -2.44. The van der Waals surface area contributed by atoms with Crippen molar-refractivity contribution in [1.82, 2.24) is 0 Å². The molecule has 34 heavy (non-hydrogen) atoms. The molecule has 0 saturated heterocycles. The van der Waals surface area contributed by atoms with Gasteiger partial charge in [-0.25, -0.2) is 4.39 Å². The van der Waals surface area contributed by atoms with E-state index in [2.05, 4.69) is 42.0 Å². The third kappa shape index (κ3) is 6.80. The molecule has 2 aromatic rings. The van der Waals surface area contributed by atoms with Gasteiger partial charge in [-0.05, 0) is 85.3 Å². The van der Waals surface area contributed by atoms with Crippen LogP contribution in [-0.2, 0) is 6.42 Å². The standard InChI is InChI=1S/C27H30F6O/c1-3-4-19-7-12-22(13-8-19)23-14-9-20(10-15-23)5-6-21-11-16-24(18(2)17-21)34-27(32,33)25(28)26(29,30)31/h5-8,11-13,16-17,20,23,25H,3-4,9-10,14-15H2,1-2H3/b6-5+. The van der Waals surface area contributed by atoms with Gasteiger partial charge < -0.3 is 4.74 Å². The Morgan fingerprint density at radius 1 is 0.971 bits per heavy atom. The molecule has 7 heteroatoms. The number of rotatable bonds is 8. The van der Waals surface area contributed by atoms with E-state index in [0.29, 0.717) is 11.8 Å². The highest BCUT2D eigenvalue weighted by Gasteiger charge is 2.59.